The third-order valence-electron chi connectivity index (χ3n) is 2.05. The average Bonchev–Trinajstić information content (AvgIpc) is 2.66. The molecule has 0 saturated heterocycles. The van der Waals surface area contributed by atoms with Crippen LogP contribution in [0, 0.1) is 0 Å². The first-order chi connectivity index (χ1) is 7.27. The fraction of sp³-hybridized carbons (Fsp3) is 0.0909. The lowest BCUT2D eigenvalue weighted by Crippen LogP contribution is -3.00. The smallest absolute Gasteiger partial charge is 0.323 e. The summed E-state index contributed by atoms with van der Waals surface area (Å²) < 4.78 is 1.61. The summed E-state index contributed by atoms with van der Waals surface area (Å²) in [6.45, 7) is -0.0653. The highest BCUT2D eigenvalue weighted by Gasteiger charge is 2.07. The van der Waals surface area contributed by atoms with Gasteiger partial charge in [0.05, 0.1) is 0 Å². The van der Waals surface area contributed by atoms with Crippen LogP contribution in [0.25, 0.3) is 11.4 Å². The monoisotopic (exact) mass is 237 g/mol. The highest BCUT2D eigenvalue weighted by Crippen LogP contribution is 2.16. The Morgan fingerprint density at radius 3 is 2.62 bits per heavy atom. The molecule has 0 atom stereocenters. The minimum Gasteiger partial charge on any atom is -1.00 e. The number of halogens is 1. The van der Waals surface area contributed by atoms with E-state index in [1.165, 1.54) is 0 Å². The zero-order chi connectivity index (χ0) is 10.7. The van der Waals surface area contributed by atoms with E-state index in [2.05, 4.69) is 4.98 Å². The van der Waals surface area contributed by atoms with Crippen LogP contribution in [0.4, 0.5) is 0 Å². The Labute approximate surface area is 99.0 Å². The van der Waals surface area contributed by atoms with Gasteiger partial charge in [-0.3, -0.25) is 4.79 Å². The molecule has 0 amide bonds. The van der Waals surface area contributed by atoms with Gasteiger partial charge in [-0.05, 0) is 0 Å². The van der Waals surface area contributed by atoms with Crippen molar-refractivity contribution in [3.63, 3.8) is 0 Å². The van der Waals surface area contributed by atoms with E-state index in [0.717, 1.165) is 5.56 Å². The van der Waals surface area contributed by atoms with Gasteiger partial charge < -0.3 is 22.1 Å². The van der Waals surface area contributed by atoms with Crippen molar-refractivity contribution in [3.8, 4) is 11.4 Å². The van der Waals surface area contributed by atoms with Crippen molar-refractivity contribution in [1.82, 2.24) is 9.55 Å². The van der Waals surface area contributed by atoms with Crippen molar-refractivity contribution in [2.24, 2.45) is 0 Å². The molecule has 16 heavy (non-hydrogen) atoms. The minimum absolute atomic E-state index is 0. The number of carboxylic acids is 1. The lowest BCUT2D eigenvalue weighted by atomic mass is 10.2. The molecular weight excluding hydrogens is 228 g/mol. The number of aromatic nitrogens is 2. The van der Waals surface area contributed by atoms with Crippen molar-refractivity contribution < 1.29 is 22.3 Å². The largest absolute Gasteiger partial charge is 1.00 e. The van der Waals surface area contributed by atoms with Gasteiger partial charge in [0.1, 0.15) is 12.4 Å². The van der Waals surface area contributed by atoms with E-state index in [9.17, 15) is 4.79 Å². The van der Waals surface area contributed by atoms with E-state index in [-0.39, 0.29) is 19.0 Å². The highest BCUT2D eigenvalue weighted by atomic mass is 35.5. The molecule has 0 radical (unpaired) electrons. The second-order valence-electron chi connectivity index (χ2n) is 3.14. The van der Waals surface area contributed by atoms with Crippen LogP contribution in [0.3, 0.4) is 0 Å². The Morgan fingerprint density at radius 2 is 2.00 bits per heavy atom. The van der Waals surface area contributed by atoms with E-state index >= 15 is 0 Å². The number of hydrogen-bond donors (Lipinski definition) is 1. The van der Waals surface area contributed by atoms with Gasteiger partial charge in [0.2, 0.25) is 0 Å². The van der Waals surface area contributed by atoms with Crippen LogP contribution < -0.4 is 12.4 Å². The molecule has 84 valence electrons. The lowest BCUT2D eigenvalue weighted by Gasteiger charge is -2.04. The van der Waals surface area contributed by atoms with E-state index in [4.69, 9.17) is 5.11 Å². The lowest BCUT2D eigenvalue weighted by molar-refractivity contribution is -0.137. The maximum absolute atomic E-state index is 10.6. The van der Waals surface area contributed by atoms with Crippen molar-refractivity contribution in [2.75, 3.05) is 0 Å². The summed E-state index contributed by atoms with van der Waals surface area (Å²) in [6.07, 6.45) is 3.27. The van der Waals surface area contributed by atoms with Gasteiger partial charge in [0, 0.05) is 18.0 Å². The molecule has 0 aliphatic rings. The van der Waals surface area contributed by atoms with Gasteiger partial charge in [-0.2, -0.15) is 0 Å². The van der Waals surface area contributed by atoms with Crippen LogP contribution in [-0.4, -0.2) is 20.6 Å². The van der Waals surface area contributed by atoms with Gasteiger partial charge in [0.15, 0.2) is 0 Å². The Hall–Kier alpha value is -1.81. The minimum atomic E-state index is -0.870. The van der Waals surface area contributed by atoms with Crippen molar-refractivity contribution in [3.05, 3.63) is 42.7 Å². The number of imidazole rings is 1. The van der Waals surface area contributed by atoms with Crippen molar-refractivity contribution >= 4 is 5.97 Å². The van der Waals surface area contributed by atoms with Crippen LogP contribution in [0.15, 0.2) is 42.7 Å². The summed E-state index contributed by atoms with van der Waals surface area (Å²) in [5, 5.41) is 8.71. The number of aliphatic carboxylic acids is 1. The number of rotatable bonds is 3. The SMILES string of the molecule is O=C(O)Cn1ccnc1-c1ccccc1.[Cl-]. The molecule has 0 spiro atoms. The second kappa shape index (κ2) is 5.32. The van der Waals surface area contributed by atoms with Crippen LogP contribution in [0.2, 0.25) is 0 Å². The topological polar surface area (TPSA) is 55.1 Å². The molecule has 0 aliphatic carbocycles. The summed E-state index contributed by atoms with van der Waals surface area (Å²) in [5.41, 5.74) is 0.920. The van der Waals surface area contributed by atoms with Crippen molar-refractivity contribution in [2.45, 2.75) is 6.54 Å². The summed E-state index contributed by atoms with van der Waals surface area (Å²) in [7, 11) is 0. The molecule has 0 fully saturated rings. The number of carbonyl (C=O) groups is 1. The van der Waals surface area contributed by atoms with E-state index in [1.807, 2.05) is 30.3 Å². The van der Waals surface area contributed by atoms with Gasteiger partial charge in [-0.15, -0.1) is 0 Å². The summed E-state index contributed by atoms with van der Waals surface area (Å²) in [4.78, 5) is 14.7. The Kier molecular flexibility index (Phi) is 4.08. The maximum Gasteiger partial charge on any atom is 0.323 e. The summed E-state index contributed by atoms with van der Waals surface area (Å²) in [5.74, 6) is -0.191. The van der Waals surface area contributed by atoms with E-state index in [1.54, 1.807) is 17.0 Å². The Bertz CT molecular complexity index is 468. The number of nitrogens with zero attached hydrogens (tertiary/aromatic N) is 2. The standard InChI is InChI=1S/C11H10N2O2.ClH/c14-10(15)8-13-7-6-12-11(13)9-4-2-1-3-5-9;/h1-7H,8H2,(H,14,15);1H/p-1. The Balaban J connectivity index is 0.00000128. The van der Waals surface area contributed by atoms with E-state index in [0.29, 0.717) is 5.82 Å². The van der Waals surface area contributed by atoms with Gasteiger partial charge in [0.25, 0.3) is 0 Å². The Morgan fingerprint density at radius 1 is 1.31 bits per heavy atom. The molecule has 0 saturated carbocycles. The molecule has 0 bridgehead atoms. The zero-order valence-corrected chi connectivity index (χ0v) is 9.13. The third-order valence-corrected chi connectivity index (χ3v) is 2.05. The van der Waals surface area contributed by atoms with Gasteiger partial charge in [-0.1, -0.05) is 30.3 Å². The fourth-order valence-corrected chi connectivity index (χ4v) is 1.43. The van der Waals surface area contributed by atoms with Crippen molar-refractivity contribution in [1.29, 1.82) is 0 Å². The van der Waals surface area contributed by atoms with Crippen LogP contribution >= 0.6 is 0 Å². The third kappa shape index (κ3) is 2.61. The zero-order valence-electron chi connectivity index (χ0n) is 8.38. The van der Waals surface area contributed by atoms with Crippen LogP contribution in [-0.2, 0) is 11.3 Å². The predicted octanol–water partition coefficient (Wildman–Crippen LogP) is -1.36. The summed E-state index contributed by atoms with van der Waals surface area (Å²) >= 11 is 0. The molecule has 2 rings (SSSR count). The molecule has 5 heteroatoms. The number of carboxylic acid groups (broad SMARTS) is 1. The molecule has 4 nitrogen and oxygen atoms in total. The highest BCUT2D eigenvalue weighted by molar-refractivity contribution is 5.68. The van der Waals surface area contributed by atoms with Crippen LogP contribution in [0.5, 0.6) is 0 Å². The molecule has 1 N–H and O–H groups in total. The van der Waals surface area contributed by atoms with Gasteiger partial charge >= 0.3 is 5.97 Å². The predicted molar refractivity (Wildman–Crippen MR) is 55.3 cm³/mol. The number of benzene rings is 1. The van der Waals surface area contributed by atoms with Gasteiger partial charge in [-0.25, -0.2) is 4.98 Å². The van der Waals surface area contributed by atoms with Crippen LogP contribution in [0.1, 0.15) is 0 Å². The molecule has 1 heterocycles. The number of hydrogen-bond acceptors (Lipinski definition) is 2. The molecule has 2 aromatic rings. The normalized spacial score (nSPS) is 9.50. The summed E-state index contributed by atoms with van der Waals surface area (Å²) in [6, 6.07) is 9.51. The maximum atomic E-state index is 10.6. The molecule has 1 aromatic carbocycles. The second-order valence-corrected chi connectivity index (χ2v) is 3.14. The molecule has 0 aliphatic heterocycles. The van der Waals surface area contributed by atoms with E-state index < -0.39 is 5.97 Å². The first-order valence-corrected chi connectivity index (χ1v) is 4.56. The molecular formula is C11H10ClN2O2-. The first-order valence-electron chi connectivity index (χ1n) is 4.56. The molecule has 0 unspecified atom stereocenters. The molecule has 1 aromatic heterocycles. The first kappa shape index (κ1) is 12.3. The average molecular weight is 238 g/mol. The fourth-order valence-electron chi connectivity index (χ4n) is 1.43. The quantitative estimate of drug-likeness (QED) is 0.718.